The van der Waals surface area contributed by atoms with Crippen molar-refractivity contribution in [3.63, 3.8) is 0 Å². The first-order chi connectivity index (χ1) is 6.73. The molecule has 0 bridgehead atoms. The van der Waals surface area contributed by atoms with Gasteiger partial charge in [-0.1, -0.05) is 36.1 Å². The maximum atomic E-state index is 2.43. The van der Waals surface area contributed by atoms with Crippen LogP contribution < -0.4 is 0 Å². The predicted octanol–water partition coefficient (Wildman–Crippen LogP) is 4.23. The molecule has 0 heterocycles. The number of rotatable bonds is 0. The van der Waals surface area contributed by atoms with E-state index in [-0.39, 0.29) is 0 Å². The summed E-state index contributed by atoms with van der Waals surface area (Å²) in [6, 6.07) is 0. The minimum atomic E-state index is 0.615. The zero-order valence-electron chi connectivity index (χ0n) is 9.40. The topological polar surface area (TPSA) is 0 Å². The summed E-state index contributed by atoms with van der Waals surface area (Å²) in [4.78, 5) is 0. The van der Waals surface area contributed by atoms with Crippen LogP contribution in [0.5, 0.6) is 0 Å². The van der Waals surface area contributed by atoms with E-state index < -0.39 is 0 Å². The van der Waals surface area contributed by atoms with Crippen molar-refractivity contribution in [1.29, 1.82) is 0 Å². The van der Waals surface area contributed by atoms with Crippen LogP contribution in [-0.4, -0.2) is 0 Å². The molecule has 0 aliphatic heterocycles. The fourth-order valence-electron chi connectivity index (χ4n) is 4.55. The molecular formula is C14H20. The van der Waals surface area contributed by atoms with E-state index in [4.69, 9.17) is 0 Å². The van der Waals surface area contributed by atoms with E-state index in [1.807, 2.05) is 0 Å². The molecule has 0 unspecified atom stereocenters. The quantitative estimate of drug-likeness (QED) is 0.499. The highest BCUT2D eigenvalue weighted by molar-refractivity contribution is 5.45. The lowest BCUT2D eigenvalue weighted by atomic mass is 9.39. The zero-order valence-corrected chi connectivity index (χ0v) is 9.40. The van der Waals surface area contributed by atoms with Crippen molar-refractivity contribution in [3.8, 4) is 0 Å². The lowest BCUT2D eigenvalue weighted by Crippen LogP contribution is -2.55. The molecule has 0 aromatic carbocycles. The second kappa shape index (κ2) is 2.53. The molecule has 3 rings (SSSR count). The van der Waals surface area contributed by atoms with Gasteiger partial charge in [0.05, 0.1) is 0 Å². The van der Waals surface area contributed by atoms with Crippen LogP contribution in [0.2, 0.25) is 0 Å². The molecule has 0 N–H and O–H groups in total. The number of hydrogen-bond donors (Lipinski definition) is 0. The maximum absolute atomic E-state index is 2.43. The molecule has 3 aliphatic carbocycles. The fraction of sp³-hybridized carbons (Fsp3) is 0.714. The average molecular weight is 188 g/mol. The van der Waals surface area contributed by atoms with Gasteiger partial charge in [-0.2, -0.15) is 0 Å². The Labute approximate surface area is 87.1 Å². The van der Waals surface area contributed by atoms with Gasteiger partial charge in [0.1, 0.15) is 0 Å². The van der Waals surface area contributed by atoms with Gasteiger partial charge in [0, 0.05) is 10.8 Å². The number of hydrogen-bond acceptors (Lipinski definition) is 0. The Morgan fingerprint density at radius 2 is 1.29 bits per heavy atom. The largest absolute Gasteiger partial charge is 0.0876 e. The highest BCUT2D eigenvalue weighted by atomic mass is 14.6. The first kappa shape index (κ1) is 8.76. The summed E-state index contributed by atoms with van der Waals surface area (Å²) in [6.45, 7) is 4.77. The molecule has 3 aliphatic rings. The van der Waals surface area contributed by atoms with Gasteiger partial charge in [-0.25, -0.2) is 0 Å². The van der Waals surface area contributed by atoms with E-state index in [0.29, 0.717) is 10.8 Å². The first-order valence-electron chi connectivity index (χ1n) is 6.06. The van der Waals surface area contributed by atoms with Crippen molar-refractivity contribution in [2.45, 2.75) is 52.4 Å². The molecule has 1 saturated carbocycles. The Hall–Kier alpha value is -0.520. The summed E-state index contributed by atoms with van der Waals surface area (Å²) in [5.41, 5.74) is 4.71. The molecule has 0 radical (unpaired) electrons. The van der Waals surface area contributed by atoms with Crippen LogP contribution in [-0.2, 0) is 0 Å². The Morgan fingerprint density at radius 1 is 0.857 bits per heavy atom. The molecular weight excluding hydrogens is 168 g/mol. The van der Waals surface area contributed by atoms with Crippen LogP contribution in [0.25, 0.3) is 0 Å². The molecule has 0 saturated heterocycles. The van der Waals surface area contributed by atoms with Crippen LogP contribution in [0.15, 0.2) is 23.3 Å². The highest BCUT2D eigenvalue weighted by Gasteiger charge is 2.61. The Kier molecular flexibility index (Phi) is 1.59. The Morgan fingerprint density at radius 3 is 1.71 bits per heavy atom. The summed E-state index contributed by atoms with van der Waals surface area (Å²) in [5.74, 6) is 0. The van der Waals surface area contributed by atoms with Crippen molar-refractivity contribution >= 4 is 0 Å². The monoisotopic (exact) mass is 188 g/mol. The Balaban J connectivity index is 2.13. The van der Waals surface area contributed by atoms with Gasteiger partial charge in [0.2, 0.25) is 0 Å². The smallest absolute Gasteiger partial charge is 0.00429 e. The molecule has 14 heavy (non-hydrogen) atoms. The van der Waals surface area contributed by atoms with Crippen LogP contribution >= 0.6 is 0 Å². The summed E-state index contributed by atoms with van der Waals surface area (Å²) < 4.78 is 0. The second-order valence-corrected chi connectivity index (χ2v) is 5.50. The SMILES string of the molecule is CC1=C(C)[C@]23CC=CC[C@@]12CCCC3. The normalized spacial score (nSPS) is 45.6. The standard InChI is InChI=1S/C14H20/c1-11-12(2)14-9-5-3-7-13(11,14)8-4-6-10-14/h3,5H,4,6-10H2,1-2H3/t13-,14-/m1/s1. The van der Waals surface area contributed by atoms with Gasteiger partial charge < -0.3 is 0 Å². The first-order valence-corrected chi connectivity index (χ1v) is 6.06. The summed E-state index contributed by atoms with van der Waals surface area (Å²) in [5, 5.41) is 0. The van der Waals surface area contributed by atoms with Gasteiger partial charge >= 0.3 is 0 Å². The van der Waals surface area contributed by atoms with Crippen LogP contribution in [0.3, 0.4) is 0 Å². The van der Waals surface area contributed by atoms with Crippen molar-refractivity contribution in [2.24, 2.45) is 10.8 Å². The van der Waals surface area contributed by atoms with Gasteiger partial charge in [-0.15, -0.1) is 0 Å². The molecule has 1 fully saturated rings. The number of allylic oxidation sites excluding steroid dienone is 4. The Bertz CT molecular complexity index is 302. The maximum Gasteiger partial charge on any atom is 0.00429 e. The van der Waals surface area contributed by atoms with Crippen LogP contribution in [0.4, 0.5) is 0 Å². The van der Waals surface area contributed by atoms with E-state index in [2.05, 4.69) is 26.0 Å². The van der Waals surface area contributed by atoms with E-state index in [9.17, 15) is 0 Å². The molecule has 0 aromatic heterocycles. The third kappa shape index (κ3) is 0.699. The van der Waals surface area contributed by atoms with E-state index in [1.54, 1.807) is 11.1 Å². The van der Waals surface area contributed by atoms with Crippen molar-refractivity contribution in [1.82, 2.24) is 0 Å². The highest BCUT2D eigenvalue weighted by Crippen LogP contribution is 2.71. The van der Waals surface area contributed by atoms with E-state index in [0.717, 1.165) is 0 Å². The minimum Gasteiger partial charge on any atom is -0.0876 e. The minimum absolute atomic E-state index is 0.615. The third-order valence-corrected chi connectivity index (χ3v) is 5.47. The fourth-order valence-corrected chi connectivity index (χ4v) is 4.55. The second-order valence-electron chi connectivity index (χ2n) is 5.50. The molecule has 0 nitrogen and oxygen atoms in total. The van der Waals surface area contributed by atoms with Gasteiger partial charge in [-0.3, -0.25) is 0 Å². The molecule has 2 atom stereocenters. The van der Waals surface area contributed by atoms with Crippen molar-refractivity contribution in [2.75, 3.05) is 0 Å². The molecule has 0 amide bonds. The summed E-state index contributed by atoms with van der Waals surface area (Å²) >= 11 is 0. The van der Waals surface area contributed by atoms with Gasteiger partial charge in [0.15, 0.2) is 0 Å². The van der Waals surface area contributed by atoms with Crippen LogP contribution in [0.1, 0.15) is 52.4 Å². The predicted molar refractivity (Wildman–Crippen MR) is 60.1 cm³/mol. The van der Waals surface area contributed by atoms with E-state index in [1.165, 1.54) is 38.5 Å². The van der Waals surface area contributed by atoms with Crippen LogP contribution in [0, 0.1) is 10.8 Å². The molecule has 0 spiro atoms. The lowest BCUT2D eigenvalue weighted by Gasteiger charge is -2.65. The van der Waals surface area contributed by atoms with E-state index >= 15 is 0 Å². The molecule has 76 valence electrons. The van der Waals surface area contributed by atoms with Gasteiger partial charge in [-0.05, 0) is 39.5 Å². The summed E-state index contributed by atoms with van der Waals surface area (Å²) in [6.07, 6.45) is 13.4. The van der Waals surface area contributed by atoms with Crippen molar-refractivity contribution in [3.05, 3.63) is 23.3 Å². The average Bonchev–Trinajstić information content (AvgIpc) is 2.26. The molecule has 0 aromatic rings. The lowest BCUT2D eigenvalue weighted by molar-refractivity contribution is 0.00556. The zero-order chi connectivity index (χ0) is 9.81. The van der Waals surface area contributed by atoms with Gasteiger partial charge in [0.25, 0.3) is 0 Å². The third-order valence-electron chi connectivity index (χ3n) is 5.47. The molecule has 0 heteroatoms. The summed E-state index contributed by atoms with van der Waals surface area (Å²) in [7, 11) is 0. The van der Waals surface area contributed by atoms with Crippen molar-refractivity contribution < 1.29 is 0 Å².